The molecule has 0 spiro atoms. The largest absolute Gasteiger partial charge is 0.460 e. The molecule has 11 nitrogen and oxygen atoms in total. The molecule has 2 atom stereocenters. The summed E-state index contributed by atoms with van der Waals surface area (Å²) in [6.07, 6.45) is -1.21. The van der Waals surface area contributed by atoms with E-state index in [1.54, 1.807) is 24.3 Å². The number of carbonyl (C=O) groups excluding carboxylic acids is 5. The topological polar surface area (TPSA) is 149 Å². The molecule has 266 valence electrons. The van der Waals surface area contributed by atoms with E-state index < -0.39 is 41.9 Å². The van der Waals surface area contributed by atoms with Gasteiger partial charge in [0.15, 0.2) is 0 Å². The van der Waals surface area contributed by atoms with E-state index in [1.165, 1.54) is 11.8 Å². The Morgan fingerprint density at radius 2 is 1.06 bits per heavy atom. The Hall–Kier alpha value is -5.62. The maximum Gasteiger partial charge on any atom is 0.408 e. The summed E-state index contributed by atoms with van der Waals surface area (Å²) in [4.78, 5) is 64.5. The highest BCUT2D eigenvalue weighted by Gasteiger charge is 2.26. The molecule has 4 rings (SSSR count). The smallest absolute Gasteiger partial charge is 0.408 e. The monoisotopic (exact) mass is 713 g/mol. The van der Waals surface area contributed by atoms with E-state index in [0.29, 0.717) is 5.75 Å². The second-order valence-electron chi connectivity index (χ2n) is 11.4. The van der Waals surface area contributed by atoms with E-state index in [9.17, 15) is 24.0 Å². The average molecular weight is 714 g/mol. The highest BCUT2D eigenvalue weighted by molar-refractivity contribution is 7.98. The van der Waals surface area contributed by atoms with Crippen molar-refractivity contribution in [3.63, 3.8) is 0 Å². The summed E-state index contributed by atoms with van der Waals surface area (Å²) in [5.74, 6) is -1.69. The van der Waals surface area contributed by atoms with Crippen LogP contribution in [0.5, 0.6) is 0 Å². The van der Waals surface area contributed by atoms with Gasteiger partial charge in [0.05, 0.1) is 0 Å². The molecule has 0 saturated carbocycles. The second kappa shape index (κ2) is 21.5. The standard InChI is InChI=1S/C39H41N3O8S/c43-35(22-21-33(38(46)49-25-30-15-7-2-8-16-30)42-39(47)50-26-31-17-9-3-10-18-31)41-34(28-51-27-32-19-11-4-12-20-32)37(45)40-23-36(44)48-24-29-13-5-1-6-14-29/h1-20,33-34H,21-28H2,(H,40,45)(H,41,43)(H,42,47)/t33-,34-/m0/s1/i23+1,36+1. The molecule has 0 saturated heterocycles. The number of alkyl carbamates (subject to hydrolysis) is 1. The lowest BCUT2D eigenvalue weighted by molar-refractivity contribution is -0.147. The van der Waals surface area contributed by atoms with Gasteiger partial charge in [-0.3, -0.25) is 14.4 Å². The number of nitrogens with one attached hydrogen (secondary N) is 3. The second-order valence-corrected chi connectivity index (χ2v) is 12.4. The fraction of sp³-hybridized carbons (Fsp3) is 0.256. The Morgan fingerprint density at radius 1 is 0.569 bits per heavy atom. The normalized spacial score (nSPS) is 11.7. The van der Waals surface area contributed by atoms with E-state index in [4.69, 9.17) is 14.2 Å². The molecule has 0 unspecified atom stereocenters. The number of thioether (sulfide) groups is 1. The van der Waals surface area contributed by atoms with Crippen LogP contribution in [0.2, 0.25) is 0 Å². The minimum absolute atomic E-state index is 0.0177. The van der Waals surface area contributed by atoms with Gasteiger partial charge in [-0.25, -0.2) is 9.59 Å². The molecule has 4 aromatic carbocycles. The van der Waals surface area contributed by atoms with Gasteiger partial charge < -0.3 is 30.2 Å². The van der Waals surface area contributed by atoms with E-state index in [0.717, 1.165) is 22.3 Å². The Kier molecular flexibility index (Phi) is 16.1. The third-order valence-corrected chi connectivity index (χ3v) is 8.48. The van der Waals surface area contributed by atoms with Crippen LogP contribution in [-0.4, -0.2) is 54.2 Å². The number of benzene rings is 4. The summed E-state index contributed by atoms with van der Waals surface area (Å²) in [6, 6.07) is 34.7. The molecule has 0 fully saturated rings. The molecule has 3 N–H and O–H groups in total. The van der Waals surface area contributed by atoms with Crippen LogP contribution in [0.4, 0.5) is 4.79 Å². The third-order valence-electron chi connectivity index (χ3n) is 7.37. The van der Waals surface area contributed by atoms with Crippen molar-refractivity contribution in [3.8, 4) is 0 Å². The maximum absolute atomic E-state index is 13.2. The van der Waals surface area contributed by atoms with Gasteiger partial charge in [0, 0.05) is 17.9 Å². The molecule has 0 heterocycles. The number of carbonyl (C=O) groups is 5. The van der Waals surface area contributed by atoms with E-state index in [-0.39, 0.29) is 45.0 Å². The van der Waals surface area contributed by atoms with E-state index >= 15 is 0 Å². The number of hydrogen-bond acceptors (Lipinski definition) is 9. The van der Waals surface area contributed by atoms with E-state index in [2.05, 4.69) is 16.0 Å². The van der Waals surface area contributed by atoms with Crippen molar-refractivity contribution in [3.05, 3.63) is 144 Å². The lowest BCUT2D eigenvalue weighted by atomic mass is 10.1. The Bertz CT molecular complexity index is 1680. The van der Waals surface area contributed by atoms with Crippen molar-refractivity contribution in [1.29, 1.82) is 0 Å². The van der Waals surface area contributed by atoms with Crippen molar-refractivity contribution in [2.75, 3.05) is 12.3 Å². The van der Waals surface area contributed by atoms with Crippen LogP contribution in [0.1, 0.15) is 35.1 Å². The van der Waals surface area contributed by atoms with Crippen LogP contribution in [0.25, 0.3) is 0 Å². The Labute approximate surface area is 301 Å². The SMILES string of the molecule is O=C(CC[C@H](NC(=O)OCc1ccccc1)C(=O)OCc1ccccc1)N[C@@H](CSCc1ccccc1)C(=O)N[13CH2][13C](=O)OCc1ccccc1. The maximum atomic E-state index is 13.2. The first kappa shape index (κ1) is 38.2. The summed E-state index contributed by atoms with van der Waals surface area (Å²) in [5.41, 5.74) is 3.36. The zero-order valence-corrected chi connectivity index (χ0v) is 28.8. The van der Waals surface area contributed by atoms with E-state index in [1.807, 2.05) is 97.1 Å². The van der Waals surface area contributed by atoms with Gasteiger partial charge >= 0.3 is 18.0 Å². The van der Waals surface area contributed by atoms with Gasteiger partial charge in [-0.15, -0.1) is 0 Å². The molecule has 4 aromatic rings. The predicted octanol–water partition coefficient (Wildman–Crippen LogP) is 5.08. The minimum Gasteiger partial charge on any atom is -0.460 e. The van der Waals surface area contributed by atoms with Crippen molar-refractivity contribution in [2.45, 2.75) is 50.5 Å². The van der Waals surface area contributed by atoms with Crippen molar-refractivity contribution >= 4 is 41.6 Å². The molecule has 0 aliphatic heterocycles. The van der Waals surface area contributed by atoms with Gasteiger partial charge in [-0.1, -0.05) is 121 Å². The molecular weight excluding hydrogens is 672 g/mol. The van der Waals surface area contributed by atoms with Crippen LogP contribution >= 0.6 is 11.8 Å². The number of amides is 3. The number of hydrogen-bond donors (Lipinski definition) is 3. The predicted molar refractivity (Wildman–Crippen MR) is 193 cm³/mol. The molecule has 0 aliphatic rings. The van der Waals surface area contributed by atoms with Gasteiger partial charge in [0.25, 0.3) is 0 Å². The number of esters is 2. The summed E-state index contributed by atoms with van der Waals surface area (Å²) in [7, 11) is 0. The third kappa shape index (κ3) is 14.8. The zero-order chi connectivity index (χ0) is 36.1. The van der Waals surface area contributed by atoms with Gasteiger partial charge in [0.2, 0.25) is 11.8 Å². The molecule has 0 radical (unpaired) electrons. The summed E-state index contributed by atoms with van der Waals surface area (Å²) in [6.45, 7) is -0.370. The number of ether oxygens (including phenoxy) is 3. The lowest BCUT2D eigenvalue weighted by Crippen LogP contribution is -2.50. The average Bonchev–Trinajstić information content (AvgIpc) is 3.17. The lowest BCUT2D eigenvalue weighted by Gasteiger charge is -2.20. The van der Waals surface area contributed by atoms with Crippen molar-refractivity contribution in [1.82, 2.24) is 16.0 Å². The fourth-order valence-corrected chi connectivity index (χ4v) is 5.67. The Morgan fingerprint density at radius 3 is 1.61 bits per heavy atom. The van der Waals surface area contributed by atoms with Gasteiger partial charge in [0.1, 0.15) is 38.4 Å². The van der Waals surface area contributed by atoms with Crippen LogP contribution in [0.15, 0.2) is 121 Å². The zero-order valence-electron chi connectivity index (χ0n) is 28.0. The quantitative estimate of drug-likeness (QED) is 0.0687. The molecule has 0 aliphatic carbocycles. The first-order valence-electron chi connectivity index (χ1n) is 16.4. The molecule has 0 aromatic heterocycles. The first-order chi connectivity index (χ1) is 24.9. The summed E-state index contributed by atoms with van der Waals surface area (Å²) in [5, 5.41) is 7.78. The summed E-state index contributed by atoms with van der Waals surface area (Å²) < 4.78 is 16.0. The fourth-order valence-electron chi connectivity index (χ4n) is 4.65. The molecule has 51 heavy (non-hydrogen) atoms. The van der Waals surface area contributed by atoms with Crippen LogP contribution in [0, 0.1) is 0 Å². The van der Waals surface area contributed by atoms with Crippen LogP contribution < -0.4 is 16.0 Å². The van der Waals surface area contributed by atoms with Gasteiger partial charge in [-0.2, -0.15) is 11.8 Å². The first-order valence-corrected chi connectivity index (χ1v) is 17.6. The minimum atomic E-state index is -1.21. The Balaban J connectivity index is 1.34. The van der Waals surface area contributed by atoms with Crippen LogP contribution in [0.3, 0.4) is 0 Å². The molecule has 12 heteroatoms. The summed E-state index contributed by atoms with van der Waals surface area (Å²) >= 11 is 1.43. The molecule has 3 amide bonds. The van der Waals surface area contributed by atoms with Crippen molar-refractivity contribution in [2.24, 2.45) is 0 Å². The highest BCUT2D eigenvalue weighted by atomic mass is 32.2. The number of rotatable bonds is 19. The van der Waals surface area contributed by atoms with Crippen molar-refractivity contribution < 1.29 is 38.2 Å². The highest BCUT2D eigenvalue weighted by Crippen LogP contribution is 2.14. The van der Waals surface area contributed by atoms with Gasteiger partial charge in [-0.05, 0) is 28.7 Å². The van der Waals surface area contributed by atoms with Crippen LogP contribution in [-0.2, 0) is 59.0 Å². The molecular formula is C39H41N3O8S. The molecule has 0 bridgehead atoms.